The Morgan fingerprint density at radius 3 is 2.47 bits per heavy atom. The Morgan fingerprint density at radius 1 is 1.00 bits per heavy atom. The van der Waals surface area contributed by atoms with Crippen LogP contribution in [0, 0.1) is 0 Å². The summed E-state index contributed by atoms with van der Waals surface area (Å²) in [6.45, 7) is 0.720. The van der Waals surface area contributed by atoms with Gasteiger partial charge >= 0.3 is 0 Å². The predicted octanol–water partition coefficient (Wildman–Crippen LogP) is 3.82. The molecule has 0 saturated carbocycles. The maximum atomic E-state index is 10.4. The molecule has 1 rings (SSSR count). The average Bonchev–Trinajstić information content (AvgIpc) is 2.46. The maximum Gasteiger partial charge on any atom is 0.209 e. The molecule has 0 unspecified atom stereocenters. The van der Waals surface area contributed by atoms with Gasteiger partial charge in [-0.05, 0) is 31.2 Å². The molecule has 0 saturated heterocycles. The van der Waals surface area contributed by atoms with Crippen molar-refractivity contribution >= 4 is 6.41 Å². The summed E-state index contributed by atoms with van der Waals surface area (Å²) in [4.78, 5) is 12.0. The summed E-state index contributed by atoms with van der Waals surface area (Å²) >= 11 is 0. The van der Waals surface area contributed by atoms with Gasteiger partial charge in [-0.2, -0.15) is 0 Å². The fourth-order valence-electron chi connectivity index (χ4n) is 1.99. The third-order valence-corrected chi connectivity index (χ3v) is 3.17. The number of nitrogens with zero attached hydrogens (tertiary/aromatic N) is 1. The molecule has 2 heteroatoms. The molecule has 0 bridgehead atoms. The van der Waals surface area contributed by atoms with E-state index in [1.54, 1.807) is 11.9 Å². The van der Waals surface area contributed by atoms with Crippen LogP contribution in [0.25, 0.3) is 0 Å². The highest BCUT2D eigenvalue weighted by Gasteiger charge is 1.92. The molecule has 0 aliphatic carbocycles. The van der Waals surface area contributed by atoms with Crippen LogP contribution in [-0.2, 0) is 11.2 Å². The number of allylic oxidation sites excluding steroid dienone is 1. The Morgan fingerprint density at radius 2 is 1.74 bits per heavy atom. The van der Waals surface area contributed by atoms with Gasteiger partial charge in [-0.15, -0.1) is 0 Å². The first-order valence-corrected chi connectivity index (χ1v) is 7.17. The van der Waals surface area contributed by atoms with E-state index in [-0.39, 0.29) is 0 Å². The molecule has 0 heterocycles. The number of carbonyl (C=O) groups excluding carboxylic acids is 1. The van der Waals surface area contributed by atoms with Crippen molar-refractivity contribution < 1.29 is 4.79 Å². The molecule has 0 radical (unpaired) electrons. The highest BCUT2D eigenvalue weighted by molar-refractivity contribution is 5.46. The van der Waals surface area contributed by atoms with E-state index in [0.717, 1.165) is 19.4 Å². The number of likely N-dealkylation sites (N-methyl/N-ethyl adjacent to an activating group) is 1. The van der Waals surface area contributed by atoms with Crippen LogP contribution in [-0.4, -0.2) is 24.9 Å². The van der Waals surface area contributed by atoms with E-state index in [0.29, 0.717) is 0 Å². The van der Waals surface area contributed by atoms with E-state index in [1.807, 2.05) is 0 Å². The third-order valence-electron chi connectivity index (χ3n) is 3.17. The normalized spacial score (nSPS) is 10.8. The van der Waals surface area contributed by atoms with Gasteiger partial charge in [-0.1, -0.05) is 55.3 Å². The largest absolute Gasteiger partial charge is 0.345 e. The number of hydrogen-bond donors (Lipinski definition) is 0. The van der Waals surface area contributed by atoms with Crippen LogP contribution in [0.15, 0.2) is 42.5 Å². The quantitative estimate of drug-likeness (QED) is 0.355. The second-order valence-electron chi connectivity index (χ2n) is 4.95. The lowest BCUT2D eigenvalue weighted by molar-refractivity contribution is -0.116. The minimum absolute atomic E-state index is 0.720. The topological polar surface area (TPSA) is 20.3 Å². The van der Waals surface area contributed by atoms with Crippen molar-refractivity contribution in [1.82, 2.24) is 4.90 Å². The molecule has 0 aliphatic rings. The van der Waals surface area contributed by atoms with Crippen molar-refractivity contribution in [1.29, 1.82) is 0 Å². The van der Waals surface area contributed by atoms with Crippen molar-refractivity contribution in [3.05, 3.63) is 48.0 Å². The summed E-state index contributed by atoms with van der Waals surface area (Å²) in [7, 11) is 1.79. The van der Waals surface area contributed by atoms with Gasteiger partial charge in [-0.25, -0.2) is 0 Å². The Labute approximate surface area is 117 Å². The average molecular weight is 259 g/mol. The predicted molar refractivity (Wildman–Crippen MR) is 81.1 cm³/mol. The van der Waals surface area contributed by atoms with Crippen LogP contribution in [0.2, 0.25) is 0 Å². The van der Waals surface area contributed by atoms with Crippen LogP contribution in [0.3, 0.4) is 0 Å². The summed E-state index contributed by atoms with van der Waals surface area (Å²) in [5.74, 6) is 0. The fourth-order valence-corrected chi connectivity index (χ4v) is 1.99. The Hall–Kier alpha value is -1.57. The second-order valence-corrected chi connectivity index (χ2v) is 4.95. The first kappa shape index (κ1) is 15.5. The maximum absolute atomic E-state index is 10.4. The van der Waals surface area contributed by atoms with Crippen molar-refractivity contribution in [2.75, 3.05) is 13.6 Å². The van der Waals surface area contributed by atoms with Gasteiger partial charge in [0.25, 0.3) is 0 Å². The summed E-state index contributed by atoms with van der Waals surface area (Å²) < 4.78 is 0. The fraction of sp³-hybridized carbons (Fsp3) is 0.471. The summed E-state index contributed by atoms with van der Waals surface area (Å²) in [6.07, 6.45) is 12.5. The smallest absolute Gasteiger partial charge is 0.209 e. The molecule has 1 amide bonds. The number of amides is 1. The minimum atomic E-state index is 0.720. The van der Waals surface area contributed by atoms with Crippen molar-refractivity contribution in [2.24, 2.45) is 0 Å². The SMILES string of the molecule is CN(C=O)C/C=C/CCCCCCc1ccccc1. The minimum Gasteiger partial charge on any atom is -0.345 e. The number of carbonyl (C=O) groups is 1. The van der Waals surface area contributed by atoms with Crippen molar-refractivity contribution in [3.63, 3.8) is 0 Å². The molecule has 0 fully saturated rings. The van der Waals surface area contributed by atoms with Crippen LogP contribution < -0.4 is 0 Å². The summed E-state index contributed by atoms with van der Waals surface area (Å²) in [5, 5.41) is 0. The Balaban J connectivity index is 1.93. The zero-order valence-corrected chi connectivity index (χ0v) is 11.9. The van der Waals surface area contributed by atoms with E-state index < -0.39 is 0 Å². The lowest BCUT2D eigenvalue weighted by atomic mass is 10.1. The zero-order chi connectivity index (χ0) is 13.8. The van der Waals surface area contributed by atoms with E-state index in [2.05, 4.69) is 42.5 Å². The highest BCUT2D eigenvalue weighted by Crippen LogP contribution is 2.08. The first-order chi connectivity index (χ1) is 9.33. The molecular formula is C17H25NO. The van der Waals surface area contributed by atoms with E-state index in [4.69, 9.17) is 0 Å². The molecule has 1 aromatic rings. The monoisotopic (exact) mass is 259 g/mol. The number of aryl methyl sites for hydroxylation is 1. The zero-order valence-electron chi connectivity index (χ0n) is 11.9. The van der Waals surface area contributed by atoms with Gasteiger partial charge in [0.2, 0.25) is 6.41 Å². The molecule has 104 valence electrons. The van der Waals surface area contributed by atoms with Crippen molar-refractivity contribution in [2.45, 2.75) is 38.5 Å². The van der Waals surface area contributed by atoms with E-state index >= 15 is 0 Å². The summed E-state index contributed by atoms with van der Waals surface area (Å²) in [5.41, 5.74) is 1.44. The van der Waals surface area contributed by atoms with Gasteiger partial charge in [-0.3, -0.25) is 4.79 Å². The van der Waals surface area contributed by atoms with Gasteiger partial charge in [0.05, 0.1) is 0 Å². The molecule has 0 aromatic heterocycles. The van der Waals surface area contributed by atoms with Crippen LogP contribution in [0.4, 0.5) is 0 Å². The van der Waals surface area contributed by atoms with E-state index in [9.17, 15) is 4.79 Å². The van der Waals surface area contributed by atoms with Crippen molar-refractivity contribution in [3.8, 4) is 0 Å². The van der Waals surface area contributed by atoms with Gasteiger partial charge in [0.1, 0.15) is 0 Å². The van der Waals surface area contributed by atoms with E-state index in [1.165, 1.54) is 37.7 Å². The number of benzene rings is 1. The molecule has 2 nitrogen and oxygen atoms in total. The number of rotatable bonds is 10. The summed E-state index contributed by atoms with van der Waals surface area (Å²) in [6, 6.07) is 10.7. The second kappa shape index (κ2) is 10.4. The lowest BCUT2D eigenvalue weighted by Gasteiger charge is -2.05. The molecule has 19 heavy (non-hydrogen) atoms. The molecular weight excluding hydrogens is 234 g/mol. The van der Waals surface area contributed by atoms with Gasteiger partial charge in [0.15, 0.2) is 0 Å². The third kappa shape index (κ3) is 8.20. The molecule has 0 spiro atoms. The highest BCUT2D eigenvalue weighted by atomic mass is 16.1. The van der Waals surface area contributed by atoms with Crippen LogP contribution >= 0.6 is 0 Å². The molecule has 1 aromatic carbocycles. The van der Waals surface area contributed by atoms with Gasteiger partial charge < -0.3 is 4.90 Å². The number of unbranched alkanes of at least 4 members (excludes halogenated alkanes) is 4. The van der Waals surface area contributed by atoms with Gasteiger partial charge in [0, 0.05) is 13.6 Å². The van der Waals surface area contributed by atoms with Crippen LogP contribution in [0.1, 0.15) is 37.7 Å². The molecule has 0 N–H and O–H groups in total. The Kier molecular flexibility index (Phi) is 8.45. The van der Waals surface area contributed by atoms with Crippen LogP contribution in [0.5, 0.6) is 0 Å². The standard InChI is InChI=1S/C17H25NO/c1-18(16-19)15-11-6-4-2-3-5-8-12-17-13-9-7-10-14-17/h6-7,9-11,13-14,16H,2-5,8,12,15H2,1H3/b11-6+. The number of hydrogen-bond acceptors (Lipinski definition) is 1. The Bertz CT molecular complexity index is 359. The molecule has 0 aliphatic heterocycles. The lowest BCUT2D eigenvalue weighted by Crippen LogP contribution is -2.14. The first-order valence-electron chi connectivity index (χ1n) is 7.17. The molecule has 0 atom stereocenters.